The summed E-state index contributed by atoms with van der Waals surface area (Å²) in [6, 6.07) is 6.11. The molecule has 4 nitrogen and oxygen atoms in total. The number of fused-ring (bicyclic) bond motifs is 1. The van der Waals surface area contributed by atoms with E-state index in [1.165, 1.54) is 0 Å². The molecule has 1 aromatic heterocycles. The third-order valence-electron chi connectivity index (χ3n) is 3.46. The first-order valence-electron chi connectivity index (χ1n) is 7.61. The van der Waals surface area contributed by atoms with E-state index >= 15 is 0 Å². The molecule has 1 aromatic carbocycles. The molecule has 1 heterocycles. The van der Waals surface area contributed by atoms with Crippen LogP contribution in [0.2, 0.25) is 0 Å². The zero-order valence-corrected chi connectivity index (χ0v) is 13.7. The molecule has 116 valence electrons. The Morgan fingerprint density at radius 2 is 2.05 bits per heavy atom. The lowest BCUT2D eigenvalue weighted by Gasteiger charge is -2.07. The highest BCUT2D eigenvalue weighted by Gasteiger charge is 2.08. The van der Waals surface area contributed by atoms with Gasteiger partial charge in [-0.05, 0) is 50.0 Å². The Hall–Kier alpha value is -1.33. The number of aromatic nitrogens is 2. The molecule has 0 saturated carbocycles. The molecule has 2 rings (SSSR count). The van der Waals surface area contributed by atoms with Crippen LogP contribution in [0.5, 0.6) is 5.75 Å². The standard InChI is InChI=1S/C16H24N2O2S/c1-3-11-20-14-9-7-8-13-15(14)17-16(21)18(13)10-5-4-6-12-19-2/h7-9H,3-6,10-12H2,1-2H3,(H,17,21). The van der Waals surface area contributed by atoms with Crippen LogP contribution < -0.4 is 4.74 Å². The van der Waals surface area contributed by atoms with Crippen LogP contribution in [-0.4, -0.2) is 29.9 Å². The van der Waals surface area contributed by atoms with Crippen LogP contribution in [0.1, 0.15) is 32.6 Å². The summed E-state index contributed by atoms with van der Waals surface area (Å²) in [6.07, 6.45) is 4.34. The number of rotatable bonds is 9. The van der Waals surface area contributed by atoms with Crippen molar-refractivity contribution in [3.8, 4) is 5.75 Å². The molecule has 0 aliphatic carbocycles. The summed E-state index contributed by atoms with van der Waals surface area (Å²) in [6.45, 7) is 4.59. The number of methoxy groups -OCH3 is 1. The molecule has 21 heavy (non-hydrogen) atoms. The SMILES string of the molecule is CCCOc1cccc2c1[nH]c(=S)n2CCCCCOC. The minimum absolute atomic E-state index is 0.724. The Bertz CT molecular complexity index is 618. The van der Waals surface area contributed by atoms with E-state index in [2.05, 4.69) is 22.5 Å². The average Bonchev–Trinajstić information content (AvgIpc) is 2.81. The summed E-state index contributed by atoms with van der Waals surface area (Å²) in [4.78, 5) is 3.28. The number of unbranched alkanes of at least 4 members (excludes halogenated alkanes) is 2. The monoisotopic (exact) mass is 308 g/mol. The normalized spacial score (nSPS) is 11.1. The van der Waals surface area contributed by atoms with Crippen molar-refractivity contribution in [2.24, 2.45) is 0 Å². The number of hydrogen-bond acceptors (Lipinski definition) is 3. The van der Waals surface area contributed by atoms with E-state index in [-0.39, 0.29) is 0 Å². The van der Waals surface area contributed by atoms with Crippen molar-refractivity contribution in [1.82, 2.24) is 9.55 Å². The second-order valence-electron chi connectivity index (χ2n) is 5.13. The number of H-pyrrole nitrogens is 1. The maximum absolute atomic E-state index is 5.79. The number of imidazole rings is 1. The average molecular weight is 308 g/mol. The summed E-state index contributed by atoms with van der Waals surface area (Å²) < 4.78 is 13.8. The lowest BCUT2D eigenvalue weighted by atomic mass is 10.2. The predicted molar refractivity (Wildman–Crippen MR) is 88.6 cm³/mol. The predicted octanol–water partition coefficient (Wildman–Crippen LogP) is 4.30. The molecule has 5 heteroatoms. The van der Waals surface area contributed by atoms with Crippen molar-refractivity contribution in [3.05, 3.63) is 23.0 Å². The van der Waals surface area contributed by atoms with Gasteiger partial charge in [0.15, 0.2) is 4.77 Å². The van der Waals surface area contributed by atoms with Crippen LogP contribution >= 0.6 is 12.2 Å². The zero-order chi connectivity index (χ0) is 15.1. The van der Waals surface area contributed by atoms with Crippen LogP contribution in [-0.2, 0) is 11.3 Å². The maximum Gasteiger partial charge on any atom is 0.178 e. The van der Waals surface area contributed by atoms with Gasteiger partial charge >= 0.3 is 0 Å². The van der Waals surface area contributed by atoms with Gasteiger partial charge in [0, 0.05) is 20.3 Å². The van der Waals surface area contributed by atoms with Crippen molar-refractivity contribution in [2.45, 2.75) is 39.2 Å². The number of para-hydroxylation sites is 1. The molecule has 0 amide bonds. The van der Waals surface area contributed by atoms with Gasteiger partial charge in [-0.2, -0.15) is 0 Å². The second kappa shape index (κ2) is 8.20. The second-order valence-corrected chi connectivity index (χ2v) is 5.52. The highest BCUT2D eigenvalue weighted by atomic mass is 32.1. The number of aromatic amines is 1. The quantitative estimate of drug-likeness (QED) is 0.554. The zero-order valence-electron chi connectivity index (χ0n) is 12.9. The van der Waals surface area contributed by atoms with Crippen molar-refractivity contribution >= 4 is 23.3 Å². The lowest BCUT2D eigenvalue weighted by molar-refractivity contribution is 0.191. The minimum atomic E-state index is 0.724. The van der Waals surface area contributed by atoms with Crippen molar-refractivity contribution in [2.75, 3.05) is 20.3 Å². The van der Waals surface area contributed by atoms with Crippen molar-refractivity contribution < 1.29 is 9.47 Å². The molecular formula is C16H24N2O2S. The van der Waals surface area contributed by atoms with E-state index < -0.39 is 0 Å². The summed E-state index contributed by atoms with van der Waals surface area (Å²) in [5.41, 5.74) is 2.13. The third kappa shape index (κ3) is 4.08. The largest absolute Gasteiger partial charge is 0.491 e. The molecule has 0 atom stereocenters. The van der Waals surface area contributed by atoms with Gasteiger partial charge in [-0.3, -0.25) is 0 Å². The molecule has 0 saturated heterocycles. The Balaban J connectivity index is 2.13. The van der Waals surface area contributed by atoms with Crippen LogP contribution in [0.15, 0.2) is 18.2 Å². The molecule has 0 radical (unpaired) electrons. The summed E-state index contributed by atoms with van der Waals surface area (Å²) in [5, 5.41) is 0. The fourth-order valence-electron chi connectivity index (χ4n) is 2.40. The minimum Gasteiger partial charge on any atom is -0.491 e. The molecule has 0 bridgehead atoms. The third-order valence-corrected chi connectivity index (χ3v) is 3.79. The fraction of sp³-hybridized carbons (Fsp3) is 0.562. The van der Waals surface area contributed by atoms with Gasteiger partial charge in [0.25, 0.3) is 0 Å². The number of benzene rings is 1. The first kappa shape index (κ1) is 16.0. The molecular weight excluding hydrogens is 284 g/mol. The van der Waals surface area contributed by atoms with Gasteiger partial charge in [-0.15, -0.1) is 0 Å². The van der Waals surface area contributed by atoms with Crippen molar-refractivity contribution in [1.29, 1.82) is 0 Å². The molecule has 2 aromatic rings. The first-order valence-corrected chi connectivity index (χ1v) is 8.02. The molecule has 0 aliphatic heterocycles. The van der Waals surface area contributed by atoms with Crippen molar-refractivity contribution in [3.63, 3.8) is 0 Å². The number of nitrogens with zero attached hydrogens (tertiary/aromatic N) is 1. The van der Waals surface area contributed by atoms with Gasteiger partial charge in [-0.1, -0.05) is 13.0 Å². The Kier molecular flexibility index (Phi) is 6.26. The van der Waals surface area contributed by atoms with Crippen LogP contribution in [0, 0.1) is 4.77 Å². The summed E-state index contributed by atoms with van der Waals surface area (Å²) in [5.74, 6) is 0.888. The molecule has 0 unspecified atom stereocenters. The van der Waals surface area contributed by atoms with E-state index in [0.29, 0.717) is 0 Å². The Morgan fingerprint density at radius 3 is 2.81 bits per heavy atom. The maximum atomic E-state index is 5.79. The summed E-state index contributed by atoms with van der Waals surface area (Å²) in [7, 11) is 1.74. The molecule has 0 fully saturated rings. The topological polar surface area (TPSA) is 39.2 Å². The van der Waals surface area contributed by atoms with E-state index in [1.807, 2.05) is 12.1 Å². The van der Waals surface area contributed by atoms with E-state index in [4.69, 9.17) is 21.7 Å². The molecule has 0 aliphatic rings. The van der Waals surface area contributed by atoms with Gasteiger partial charge in [-0.25, -0.2) is 0 Å². The number of aryl methyl sites for hydroxylation is 1. The van der Waals surface area contributed by atoms with Gasteiger partial charge in [0.05, 0.1) is 12.1 Å². The Labute approximate surface area is 131 Å². The van der Waals surface area contributed by atoms with E-state index in [9.17, 15) is 0 Å². The number of ether oxygens (including phenoxy) is 2. The molecule has 0 spiro atoms. The van der Waals surface area contributed by atoms with E-state index in [0.717, 1.165) is 67.0 Å². The number of nitrogens with one attached hydrogen (secondary N) is 1. The number of hydrogen-bond donors (Lipinski definition) is 1. The first-order chi connectivity index (χ1) is 10.3. The van der Waals surface area contributed by atoms with E-state index in [1.54, 1.807) is 7.11 Å². The van der Waals surface area contributed by atoms with Crippen LogP contribution in [0.3, 0.4) is 0 Å². The smallest absolute Gasteiger partial charge is 0.178 e. The van der Waals surface area contributed by atoms with Gasteiger partial charge in [0.2, 0.25) is 0 Å². The lowest BCUT2D eigenvalue weighted by Crippen LogP contribution is -1.99. The molecule has 1 N–H and O–H groups in total. The highest BCUT2D eigenvalue weighted by molar-refractivity contribution is 7.71. The van der Waals surface area contributed by atoms with Crippen LogP contribution in [0.25, 0.3) is 11.0 Å². The Morgan fingerprint density at radius 1 is 1.19 bits per heavy atom. The summed E-state index contributed by atoms with van der Waals surface area (Å²) >= 11 is 5.45. The van der Waals surface area contributed by atoms with Crippen LogP contribution in [0.4, 0.5) is 0 Å². The van der Waals surface area contributed by atoms with Gasteiger partial charge in [0.1, 0.15) is 11.3 Å². The highest BCUT2D eigenvalue weighted by Crippen LogP contribution is 2.25. The fourth-order valence-corrected chi connectivity index (χ4v) is 2.69. The van der Waals surface area contributed by atoms with Gasteiger partial charge < -0.3 is 19.0 Å².